The highest BCUT2D eigenvalue weighted by molar-refractivity contribution is 5.85. The summed E-state index contributed by atoms with van der Waals surface area (Å²) in [6.45, 7) is 3.66. The molecule has 1 aromatic carbocycles. The lowest BCUT2D eigenvalue weighted by Crippen LogP contribution is -2.07. The number of nitrogens with zero attached hydrogens (tertiary/aromatic N) is 2. The van der Waals surface area contributed by atoms with Crippen molar-refractivity contribution in [1.82, 2.24) is 9.55 Å². The Bertz CT molecular complexity index is 508. The SMILES string of the molecule is Cc1nccn1-c1ccc([C@@H](C)N)cc1F.Cl. The summed E-state index contributed by atoms with van der Waals surface area (Å²) in [7, 11) is 0. The molecule has 0 spiro atoms. The molecule has 0 aliphatic rings. The van der Waals surface area contributed by atoms with Crippen molar-refractivity contribution in [1.29, 1.82) is 0 Å². The summed E-state index contributed by atoms with van der Waals surface area (Å²) < 4.78 is 15.6. The number of aromatic nitrogens is 2. The molecule has 0 saturated heterocycles. The monoisotopic (exact) mass is 255 g/mol. The quantitative estimate of drug-likeness (QED) is 0.897. The summed E-state index contributed by atoms with van der Waals surface area (Å²) in [5, 5.41) is 0. The third kappa shape index (κ3) is 2.65. The molecule has 92 valence electrons. The normalized spacial score (nSPS) is 12.0. The molecule has 2 N–H and O–H groups in total. The molecule has 5 heteroatoms. The minimum atomic E-state index is -0.282. The number of benzene rings is 1. The topological polar surface area (TPSA) is 43.8 Å². The molecule has 0 saturated carbocycles. The lowest BCUT2D eigenvalue weighted by molar-refractivity contribution is 0.611. The maximum absolute atomic E-state index is 13.8. The van der Waals surface area contributed by atoms with E-state index in [0.29, 0.717) is 5.69 Å². The molecule has 0 unspecified atom stereocenters. The van der Waals surface area contributed by atoms with Crippen molar-refractivity contribution in [3.63, 3.8) is 0 Å². The molecule has 0 aliphatic carbocycles. The minimum absolute atomic E-state index is 0. The van der Waals surface area contributed by atoms with Crippen molar-refractivity contribution in [3.8, 4) is 5.69 Å². The molecule has 1 aromatic heterocycles. The van der Waals surface area contributed by atoms with Gasteiger partial charge < -0.3 is 10.3 Å². The Balaban J connectivity index is 0.00000144. The Kier molecular flexibility index (Phi) is 4.26. The number of nitrogens with two attached hydrogens (primary N) is 1. The van der Waals surface area contributed by atoms with E-state index in [1.165, 1.54) is 6.07 Å². The van der Waals surface area contributed by atoms with Crippen LogP contribution in [-0.2, 0) is 0 Å². The molecule has 0 amide bonds. The Morgan fingerprint density at radius 2 is 2.12 bits per heavy atom. The molecular weight excluding hydrogens is 241 g/mol. The predicted octanol–water partition coefficient (Wildman–Crippen LogP) is 2.76. The highest BCUT2D eigenvalue weighted by atomic mass is 35.5. The fourth-order valence-corrected chi connectivity index (χ4v) is 1.63. The molecule has 1 atom stereocenters. The van der Waals surface area contributed by atoms with Crippen LogP contribution in [0.3, 0.4) is 0 Å². The van der Waals surface area contributed by atoms with Crippen LogP contribution < -0.4 is 5.73 Å². The van der Waals surface area contributed by atoms with Crippen LogP contribution in [0.5, 0.6) is 0 Å². The lowest BCUT2D eigenvalue weighted by Gasteiger charge is -2.10. The maximum Gasteiger partial charge on any atom is 0.147 e. The van der Waals surface area contributed by atoms with Crippen molar-refractivity contribution in [2.75, 3.05) is 0 Å². The lowest BCUT2D eigenvalue weighted by atomic mass is 10.1. The van der Waals surface area contributed by atoms with E-state index in [-0.39, 0.29) is 24.3 Å². The van der Waals surface area contributed by atoms with Crippen molar-refractivity contribution in [3.05, 3.63) is 47.8 Å². The van der Waals surface area contributed by atoms with E-state index in [4.69, 9.17) is 5.73 Å². The standard InChI is InChI=1S/C12H14FN3.ClH/c1-8(14)10-3-4-12(11(13)7-10)16-6-5-15-9(16)2;/h3-8H,14H2,1-2H3;1H/t8-;/m1./s1. The molecule has 0 fully saturated rings. The predicted molar refractivity (Wildman–Crippen MR) is 68.1 cm³/mol. The summed E-state index contributed by atoms with van der Waals surface area (Å²) in [6.07, 6.45) is 3.38. The van der Waals surface area contributed by atoms with Gasteiger partial charge in [0.15, 0.2) is 0 Å². The fraction of sp³-hybridized carbons (Fsp3) is 0.250. The minimum Gasteiger partial charge on any atom is -0.324 e. The first-order chi connectivity index (χ1) is 7.59. The third-order valence-corrected chi connectivity index (χ3v) is 2.58. The van der Waals surface area contributed by atoms with E-state index in [0.717, 1.165) is 11.4 Å². The third-order valence-electron chi connectivity index (χ3n) is 2.58. The van der Waals surface area contributed by atoms with Gasteiger partial charge >= 0.3 is 0 Å². The van der Waals surface area contributed by atoms with E-state index in [1.807, 2.05) is 19.9 Å². The first kappa shape index (κ1) is 13.7. The average molecular weight is 256 g/mol. The van der Waals surface area contributed by atoms with Gasteiger partial charge in [0.2, 0.25) is 0 Å². The first-order valence-electron chi connectivity index (χ1n) is 5.15. The van der Waals surface area contributed by atoms with Gasteiger partial charge in [0, 0.05) is 18.4 Å². The van der Waals surface area contributed by atoms with Gasteiger partial charge in [0.1, 0.15) is 11.6 Å². The highest BCUT2D eigenvalue weighted by Gasteiger charge is 2.09. The maximum atomic E-state index is 13.8. The van der Waals surface area contributed by atoms with Crippen LogP contribution in [0.2, 0.25) is 0 Å². The van der Waals surface area contributed by atoms with Gasteiger partial charge in [-0.1, -0.05) is 6.07 Å². The first-order valence-corrected chi connectivity index (χ1v) is 5.15. The summed E-state index contributed by atoms with van der Waals surface area (Å²) in [6, 6.07) is 4.87. The molecule has 0 bridgehead atoms. The van der Waals surface area contributed by atoms with Crippen LogP contribution in [-0.4, -0.2) is 9.55 Å². The van der Waals surface area contributed by atoms with Crippen LogP contribution in [0.1, 0.15) is 24.4 Å². The molecule has 0 radical (unpaired) electrons. The smallest absolute Gasteiger partial charge is 0.147 e. The number of halogens is 2. The second-order valence-corrected chi connectivity index (χ2v) is 3.84. The van der Waals surface area contributed by atoms with Gasteiger partial charge in [-0.15, -0.1) is 12.4 Å². The molecule has 2 rings (SSSR count). The van der Waals surface area contributed by atoms with Gasteiger partial charge in [-0.25, -0.2) is 9.37 Å². The Hall–Kier alpha value is -1.39. The fourth-order valence-electron chi connectivity index (χ4n) is 1.63. The molecule has 0 aliphatic heterocycles. The largest absolute Gasteiger partial charge is 0.324 e. The highest BCUT2D eigenvalue weighted by Crippen LogP contribution is 2.19. The van der Waals surface area contributed by atoms with Crippen molar-refractivity contribution in [2.24, 2.45) is 5.73 Å². The molecule has 3 nitrogen and oxygen atoms in total. The molecule has 2 aromatic rings. The van der Waals surface area contributed by atoms with Gasteiger partial charge in [-0.05, 0) is 31.5 Å². The van der Waals surface area contributed by atoms with Crippen LogP contribution in [0, 0.1) is 12.7 Å². The van der Waals surface area contributed by atoms with E-state index < -0.39 is 0 Å². The van der Waals surface area contributed by atoms with Crippen molar-refractivity contribution in [2.45, 2.75) is 19.9 Å². The number of hydrogen-bond donors (Lipinski definition) is 1. The Morgan fingerprint density at radius 3 is 2.59 bits per heavy atom. The van der Waals surface area contributed by atoms with E-state index >= 15 is 0 Å². The van der Waals surface area contributed by atoms with Crippen molar-refractivity contribution >= 4 is 12.4 Å². The summed E-state index contributed by atoms with van der Waals surface area (Å²) in [5.41, 5.74) is 6.99. The average Bonchev–Trinajstić information content (AvgIpc) is 2.64. The zero-order chi connectivity index (χ0) is 11.7. The Morgan fingerprint density at radius 1 is 1.41 bits per heavy atom. The van der Waals surface area contributed by atoms with Gasteiger partial charge in [0.05, 0.1) is 5.69 Å². The van der Waals surface area contributed by atoms with Crippen LogP contribution >= 0.6 is 12.4 Å². The summed E-state index contributed by atoms with van der Waals surface area (Å²) >= 11 is 0. The van der Waals surface area contributed by atoms with Gasteiger partial charge in [-0.3, -0.25) is 0 Å². The van der Waals surface area contributed by atoms with Gasteiger partial charge in [-0.2, -0.15) is 0 Å². The number of imidazole rings is 1. The van der Waals surface area contributed by atoms with E-state index in [9.17, 15) is 4.39 Å². The zero-order valence-corrected chi connectivity index (χ0v) is 10.5. The second kappa shape index (κ2) is 5.29. The summed E-state index contributed by atoms with van der Waals surface area (Å²) in [5.74, 6) is 0.475. The zero-order valence-electron chi connectivity index (χ0n) is 9.72. The molecule has 17 heavy (non-hydrogen) atoms. The van der Waals surface area contributed by atoms with E-state index in [1.54, 1.807) is 23.0 Å². The van der Waals surface area contributed by atoms with Crippen LogP contribution in [0.15, 0.2) is 30.6 Å². The van der Waals surface area contributed by atoms with Crippen LogP contribution in [0.25, 0.3) is 5.69 Å². The van der Waals surface area contributed by atoms with Crippen molar-refractivity contribution < 1.29 is 4.39 Å². The molecule has 1 heterocycles. The summed E-state index contributed by atoms with van der Waals surface area (Å²) in [4.78, 5) is 4.06. The van der Waals surface area contributed by atoms with E-state index in [2.05, 4.69) is 4.98 Å². The second-order valence-electron chi connectivity index (χ2n) is 3.84. The number of hydrogen-bond acceptors (Lipinski definition) is 2. The van der Waals surface area contributed by atoms with Crippen LogP contribution in [0.4, 0.5) is 4.39 Å². The number of rotatable bonds is 2. The Labute approximate surface area is 106 Å². The van der Waals surface area contributed by atoms with Gasteiger partial charge in [0.25, 0.3) is 0 Å². The number of aryl methyl sites for hydroxylation is 1. The molecular formula is C12H15ClFN3.